The van der Waals surface area contributed by atoms with Crippen molar-refractivity contribution < 1.29 is 5.11 Å². The highest BCUT2D eigenvalue weighted by molar-refractivity contribution is 6.35. The molecule has 0 spiro atoms. The summed E-state index contributed by atoms with van der Waals surface area (Å²) in [6.45, 7) is 1.91. The molecule has 0 bridgehead atoms. The van der Waals surface area contributed by atoms with Gasteiger partial charge in [-0.3, -0.25) is 0 Å². The van der Waals surface area contributed by atoms with E-state index in [1.807, 2.05) is 6.92 Å². The molecule has 1 aromatic rings. The Morgan fingerprint density at radius 3 is 2.57 bits per heavy atom. The molecule has 0 unspecified atom stereocenters. The standard InChI is InChI=1S/C10H13Cl2NO/c1-2-9(13)10(14)7-4-3-6(11)5-8(7)12/h3-5,9-10,14H,2,13H2,1H3/t9-,10+/m0/s1. The van der Waals surface area contributed by atoms with Crippen LogP contribution in [0.25, 0.3) is 0 Å². The molecule has 2 nitrogen and oxygen atoms in total. The Morgan fingerprint density at radius 2 is 2.07 bits per heavy atom. The fourth-order valence-electron chi connectivity index (χ4n) is 1.20. The molecule has 2 atom stereocenters. The van der Waals surface area contributed by atoms with Gasteiger partial charge in [-0.05, 0) is 18.6 Å². The van der Waals surface area contributed by atoms with E-state index < -0.39 is 6.10 Å². The number of aliphatic hydroxyl groups excluding tert-OH is 1. The number of benzene rings is 1. The van der Waals surface area contributed by atoms with Gasteiger partial charge in [-0.15, -0.1) is 0 Å². The van der Waals surface area contributed by atoms with Crippen molar-refractivity contribution in [1.29, 1.82) is 0 Å². The maximum Gasteiger partial charge on any atom is 0.0955 e. The predicted molar refractivity (Wildman–Crippen MR) is 59.7 cm³/mol. The van der Waals surface area contributed by atoms with Crippen molar-refractivity contribution in [3.8, 4) is 0 Å². The third-order valence-electron chi connectivity index (χ3n) is 2.16. The van der Waals surface area contributed by atoms with Crippen molar-refractivity contribution in [2.75, 3.05) is 0 Å². The minimum Gasteiger partial charge on any atom is -0.387 e. The maximum atomic E-state index is 9.81. The van der Waals surface area contributed by atoms with Crippen LogP contribution in [0.1, 0.15) is 25.0 Å². The first kappa shape index (κ1) is 11.8. The van der Waals surface area contributed by atoms with E-state index in [1.165, 1.54) is 0 Å². The predicted octanol–water partition coefficient (Wildman–Crippen LogP) is 2.76. The van der Waals surface area contributed by atoms with Gasteiger partial charge in [-0.1, -0.05) is 36.2 Å². The fraction of sp³-hybridized carbons (Fsp3) is 0.400. The first-order chi connectivity index (χ1) is 6.56. The Bertz CT molecular complexity index is 317. The van der Waals surface area contributed by atoms with Gasteiger partial charge in [0, 0.05) is 21.7 Å². The SMILES string of the molecule is CC[C@H](N)[C@H](O)c1ccc(Cl)cc1Cl. The molecule has 0 aliphatic carbocycles. The van der Waals surface area contributed by atoms with Crippen LogP contribution < -0.4 is 5.73 Å². The number of rotatable bonds is 3. The van der Waals surface area contributed by atoms with Crippen molar-refractivity contribution in [3.05, 3.63) is 33.8 Å². The van der Waals surface area contributed by atoms with E-state index in [2.05, 4.69) is 0 Å². The van der Waals surface area contributed by atoms with Crippen LogP contribution in [-0.4, -0.2) is 11.1 Å². The Labute approximate surface area is 93.6 Å². The first-order valence-electron chi connectivity index (χ1n) is 4.44. The van der Waals surface area contributed by atoms with Gasteiger partial charge in [-0.25, -0.2) is 0 Å². The molecule has 0 heterocycles. The maximum absolute atomic E-state index is 9.81. The number of halogens is 2. The van der Waals surface area contributed by atoms with Gasteiger partial charge in [0.15, 0.2) is 0 Å². The molecule has 1 rings (SSSR count). The summed E-state index contributed by atoms with van der Waals surface area (Å²) in [5, 5.41) is 10.8. The van der Waals surface area contributed by atoms with E-state index in [0.717, 1.165) is 0 Å². The quantitative estimate of drug-likeness (QED) is 0.844. The Morgan fingerprint density at radius 1 is 1.43 bits per heavy atom. The smallest absolute Gasteiger partial charge is 0.0955 e. The molecule has 14 heavy (non-hydrogen) atoms. The number of aliphatic hydroxyl groups is 1. The van der Waals surface area contributed by atoms with E-state index in [-0.39, 0.29) is 6.04 Å². The third kappa shape index (κ3) is 2.61. The largest absolute Gasteiger partial charge is 0.387 e. The summed E-state index contributed by atoms with van der Waals surface area (Å²) in [6, 6.07) is 4.69. The highest BCUT2D eigenvalue weighted by Gasteiger charge is 2.17. The third-order valence-corrected chi connectivity index (χ3v) is 2.72. The van der Waals surface area contributed by atoms with Crippen LogP contribution in [0.4, 0.5) is 0 Å². The molecule has 4 heteroatoms. The Hall–Kier alpha value is -0.280. The zero-order valence-electron chi connectivity index (χ0n) is 7.87. The van der Waals surface area contributed by atoms with Gasteiger partial charge in [0.1, 0.15) is 0 Å². The fourth-order valence-corrected chi connectivity index (χ4v) is 1.72. The van der Waals surface area contributed by atoms with Crippen LogP contribution in [-0.2, 0) is 0 Å². The zero-order valence-corrected chi connectivity index (χ0v) is 9.39. The summed E-state index contributed by atoms with van der Waals surface area (Å²) in [5.74, 6) is 0. The topological polar surface area (TPSA) is 46.2 Å². The second kappa shape index (κ2) is 4.99. The first-order valence-corrected chi connectivity index (χ1v) is 5.20. The molecule has 0 fully saturated rings. The van der Waals surface area contributed by atoms with Crippen molar-refractivity contribution >= 4 is 23.2 Å². The van der Waals surface area contributed by atoms with E-state index in [4.69, 9.17) is 28.9 Å². The average Bonchev–Trinajstić information content (AvgIpc) is 2.15. The molecule has 1 aromatic carbocycles. The van der Waals surface area contributed by atoms with Crippen LogP contribution in [0.15, 0.2) is 18.2 Å². The van der Waals surface area contributed by atoms with Gasteiger partial charge in [0.2, 0.25) is 0 Å². The minimum atomic E-state index is -0.732. The van der Waals surface area contributed by atoms with Crippen LogP contribution >= 0.6 is 23.2 Å². The van der Waals surface area contributed by atoms with Crippen molar-refractivity contribution in [2.45, 2.75) is 25.5 Å². The summed E-state index contributed by atoms with van der Waals surface area (Å²) in [7, 11) is 0. The Balaban J connectivity index is 2.95. The Kier molecular flexibility index (Phi) is 4.20. The lowest BCUT2D eigenvalue weighted by Gasteiger charge is -2.18. The summed E-state index contributed by atoms with van der Waals surface area (Å²) >= 11 is 11.7. The lowest BCUT2D eigenvalue weighted by Crippen LogP contribution is -2.27. The lowest BCUT2D eigenvalue weighted by molar-refractivity contribution is 0.144. The minimum absolute atomic E-state index is 0.298. The monoisotopic (exact) mass is 233 g/mol. The molecular formula is C10H13Cl2NO. The van der Waals surface area contributed by atoms with Gasteiger partial charge < -0.3 is 10.8 Å². The van der Waals surface area contributed by atoms with Crippen molar-refractivity contribution in [1.82, 2.24) is 0 Å². The molecule has 0 radical (unpaired) electrons. The van der Waals surface area contributed by atoms with Gasteiger partial charge in [0.25, 0.3) is 0 Å². The lowest BCUT2D eigenvalue weighted by atomic mass is 10.0. The molecule has 3 N–H and O–H groups in total. The van der Waals surface area contributed by atoms with Gasteiger partial charge in [0.05, 0.1) is 6.10 Å². The normalized spacial score (nSPS) is 15.2. The number of hydrogen-bond acceptors (Lipinski definition) is 2. The summed E-state index contributed by atoms with van der Waals surface area (Å²) in [4.78, 5) is 0. The molecule has 0 saturated heterocycles. The van der Waals surface area contributed by atoms with Crippen LogP contribution in [0.5, 0.6) is 0 Å². The van der Waals surface area contributed by atoms with Crippen LogP contribution in [0, 0.1) is 0 Å². The second-order valence-corrected chi connectivity index (χ2v) is 4.03. The molecule has 0 aromatic heterocycles. The van der Waals surface area contributed by atoms with E-state index in [0.29, 0.717) is 22.0 Å². The summed E-state index contributed by atoms with van der Waals surface area (Å²) < 4.78 is 0. The average molecular weight is 234 g/mol. The molecule has 78 valence electrons. The van der Waals surface area contributed by atoms with Crippen molar-refractivity contribution in [3.63, 3.8) is 0 Å². The number of hydrogen-bond donors (Lipinski definition) is 2. The van der Waals surface area contributed by atoms with E-state index in [9.17, 15) is 5.11 Å². The summed E-state index contributed by atoms with van der Waals surface area (Å²) in [5.41, 5.74) is 6.34. The van der Waals surface area contributed by atoms with Crippen LogP contribution in [0.2, 0.25) is 10.0 Å². The van der Waals surface area contributed by atoms with Gasteiger partial charge >= 0.3 is 0 Å². The zero-order chi connectivity index (χ0) is 10.7. The second-order valence-electron chi connectivity index (χ2n) is 3.18. The van der Waals surface area contributed by atoms with Crippen LogP contribution in [0.3, 0.4) is 0 Å². The highest BCUT2D eigenvalue weighted by Crippen LogP contribution is 2.28. The van der Waals surface area contributed by atoms with E-state index in [1.54, 1.807) is 18.2 Å². The summed E-state index contributed by atoms with van der Waals surface area (Å²) in [6.07, 6.45) is -0.0371. The molecule has 0 aliphatic rings. The van der Waals surface area contributed by atoms with Crippen molar-refractivity contribution in [2.24, 2.45) is 5.73 Å². The molecule has 0 saturated carbocycles. The van der Waals surface area contributed by atoms with Gasteiger partial charge in [-0.2, -0.15) is 0 Å². The van der Waals surface area contributed by atoms with E-state index >= 15 is 0 Å². The molecular weight excluding hydrogens is 221 g/mol. The molecule has 0 aliphatic heterocycles. The highest BCUT2D eigenvalue weighted by atomic mass is 35.5. The number of nitrogens with two attached hydrogens (primary N) is 1. The molecule has 0 amide bonds.